The normalized spacial score (nSPS) is 17.1. The van der Waals surface area contributed by atoms with Crippen LogP contribution in [0.2, 0.25) is 0 Å². The van der Waals surface area contributed by atoms with Crippen molar-refractivity contribution in [2.45, 2.75) is 6.42 Å². The van der Waals surface area contributed by atoms with E-state index in [2.05, 4.69) is 24.3 Å². The molecule has 14 heavy (non-hydrogen) atoms. The molecule has 0 heteroatoms. The monoisotopic (exact) mass is 183 g/mol. The van der Waals surface area contributed by atoms with Crippen LogP contribution in [0.5, 0.6) is 0 Å². The number of hydrogen-bond acceptors (Lipinski definition) is 0. The van der Waals surface area contributed by atoms with Crippen LogP contribution in [0.3, 0.4) is 0 Å². The SMILES string of the molecule is [CH]1C=CC=CC=CC=CC=CCC=C1. The Labute approximate surface area is 86.3 Å². The summed E-state index contributed by atoms with van der Waals surface area (Å²) in [6.45, 7) is 0. The van der Waals surface area contributed by atoms with Gasteiger partial charge in [-0.3, -0.25) is 0 Å². The van der Waals surface area contributed by atoms with Crippen LogP contribution in [0.1, 0.15) is 6.42 Å². The Balaban J connectivity index is 2.56. The van der Waals surface area contributed by atoms with Crippen molar-refractivity contribution in [2.24, 2.45) is 0 Å². The molecule has 0 atom stereocenters. The maximum absolute atomic E-state index is 2.12. The molecule has 0 N–H and O–H groups in total. The standard InChI is InChI=1S/C14H15/c1-2-4-6-8-10-12-14-13-11-9-7-5-3-1/h1-13H,14H2. The fraction of sp³-hybridized carbons (Fsp3) is 0.0714. The molecule has 0 heterocycles. The van der Waals surface area contributed by atoms with Gasteiger partial charge < -0.3 is 0 Å². The first-order chi connectivity index (χ1) is 7.00. The van der Waals surface area contributed by atoms with Gasteiger partial charge in [0.15, 0.2) is 0 Å². The molecular formula is C14H15. The first kappa shape index (κ1) is 10.5. The summed E-state index contributed by atoms with van der Waals surface area (Å²) >= 11 is 0. The van der Waals surface area contributed by atoms with Gasteiger partial charge in [-0.1, -0.05) is 72.9 Å². The third-order valence-electron chi connectivity index (χ3n) is 1.66. The number of rotatable bonds is 0. The van der Waals surface area contributed by atoms with Gasteiger partial charge in [-0.15, -0.1) is 0 Å². The molecule has 0 bridgehead atoms. The van der Waals surface area contributed by atoms with E-state index in [0.29, 0.717) is 0 Å². The molecule has 0 aliphatic heterocycles. The lowest BCUT2D eigenvalue weighted by Gasteiger charge is -1.82. The van der Waals surface area contributed by atoms with Gasteiger partial charge in [0, 0.05) is 6.42 Å². The van der Waals surface area contributed by atoms with Crippen molar-refractivity contribution < 1.29 is 0 Å². The Morgan fingerprint density at radius 1 is 0.429 bits per heavy atom. The summed E-state index contributed by atoms with van der Waals surface area (Å²) in [7, 11) is 0. The minimum absolute atomic E-state index is 0.980. The van der Waals surface area contributed by atoms with E-state index in [9.17, 15) is 0 Å². The van der Waals surface area contributed by atoms with Crippen LogP contribution in [0.4, 0.5) is 0 Å². The zero-order valence-corrected chi connectivity index (χ0v) is 8.21. The Morgan fingerprint density at radius 3 is 1.64 bits per heavy atom. The van der Waals surface area contributed by atoms with Crippen LogP contribution in [-0.2, 0) is 0 Å². The quantitative estimate of drug-likeness (QED) is 0.533. The van der Waals surface area contributed by atoms with Crippen molar-refractivity contribution in [3.63, 3.8) is 0 Å². The molecule has 0 spiro atoms. The average Bonchev–Trinajstić information content (AvgIpc) is 2.22. The van der Waals surface area contributed by atoms with Crippen LogP contribution >= 0.6 is 0 Å². The number of allylic oxidation sites excluding steroid dienone is 12. The zero-order valence-electron chi connectivity index (χ0n) is 8.21. The lowest BCUT2D eigenvalue weighted by molar-refractivity contribution is 1.38. The van der Waals surface area contributed by atoms with Crippen LogP contribution in [0.25, 0.3) is 0 Å². The lowest BCUT2D eigenvalue weighted by Crippen LogP contribution is -1.62. The Hall–Kier alpha value is -1.56. The van der Waals surface area contributed by atoms with Gasteiger partial charge in [0.1, 0.15) is 0 Å². The van der Waals surface area contributed by atoms with Crippen molar-refractivity contribution in [3.8, 4) is 0 Å². The summed E-state index contributed by atoms with van der Waals surface area (Å²) in [5.74, 6) is 0. The molecule has 1 radical (unpaired) electrons. The average molecular weight is 183 g/mol. The highest BCUT2D eigenvalue weighted by molar-refractivity contribution is 5.21. The second kappa shape index (κ2) is 8.06. The minimum Gasteiger partial charge on any atom is -0.0841 e. The molecule has 0 saturated carbocycles. The van der Waals surface area contributed by atoms with Crippen molar-refractivity contribution in [1.29, 1.82) is 0 Å². The van der Waals surface area contributed by atoms with Crippen molar-refractivity contribution >= 4 is 0 Å². The molecule has 1 rings (SSSR count). The van der Waals surface area contributed by atoms with Crippen LogP contribution in [0, 0.1) is 6.42 Å². The highest BCUT2D eigenvalue weighted by Gasteiger charge is 1.72. The van der Waals surface area contributed by atoms with E-state index in [0.717, 1.165) is 6.42 Å². The third-order valence-corrected chi connectivity index (χ3v) is 1.66. The maximum Gasteiger partial charge on any atom is 0.00475 e. The second-order valence-electron chi connectivity index (χ2n) is 2.82. The highest BCUT2D eigenvalue weighted by Crippen LogP contribution is 1.92. The molecule has 0 aromatic rings. The Morgan fingerprint density at radius 2 is 0.929 bits per heavy atom. The van der Waals surface area contributed by atoms with E-state index in [-0.39, 0.29) is 0 Å². The van der Waals surface area contributed by atoms with E-state index < -0.39 is 0 Å². The summed E-state index contributed by atoms with van der Waals surface area (Å²) in [6, 6.07) is 0. The summed E-state index contributed by atoms with van der Waals surface area (Å²) in [5.41, 5.74) is 0. The fourth-order valence-corrected chi connectivity index (χ4v) is 0.970. The Bertz CT molecular complexity index is 266. The molecule has 0 fully saturated rings. The van der Waals surface area contributed by atoms with Crippen molar-refractivity contribution in [2.75, 3.05) is 0 Å². The van der Waals surface area contributed by atoms with Gasteiger partial charge >= 0.3 is 0 Å². The van der Waals surface area contributed by atoms with E-state index in [1.165, 1.54) is 0 Å². The summed E-state index contributed by atoms with van der Waals surface area (Å²) in [6.07, 6.45) is 27.5. The van der Waals surface area contributed by atoms with Crippen LogP contribution in [0.15, 0.2) is 72.9 Å². The lowest BCUT2D eigenvalue weighted by atomic mass is 10.2. The highest BCUT2D eigenvalue weighted by atomic mass is 13.8. The molecule has 0 amide bonds. The van der Waals surface area contributed by atoms with Gasteiger partial charge in [-0.25, -0.2) is 0 Å². The predicted molar refractivity (Wildman–Crippen MR) is 63.8 cm³/mol. The minimum atomic E-state index is 0.980. The molecule has 1 aliphatic carbocycles. The van der Waals surface area contributed by atoms with Crippen molar-refractivity contribution in [3.05, 3.63) is 79.3 Å². The molecule has 71 valence electrons. The van der Waals surface area contributed by atoms with Gasteiger partial charge in [-0.05, 0) is 6.42 Å². The van der Waals surface area contributed by atoms with Crippen molar-refractivity contribution in [1.82, 2.24) is 0 Å². The summed E-state index contributed by atoms with van der Waals surface area (Å²) < 4.78 is 0. The molecule has 0 aromatic carbocycles. The van der Waals surface area contributed by atoms with Gasteiger partial charge in [0.05, 0.1) is 0 Å². The fourth-order valence-electron chi connectivity index (χ4n) is 0.970. The Kier molecular flexibility index (Phi) is 6.05. The second-order valence-corrected chi connectivity index (χ2v) is 2.82. The summed E-state index contributed by atoms with van der Waals surface area (Å²) in [5, 5.41) is 0. The van der Waals surface area contributed by atoms with E-state index in [4.69, 9.17) is 0 Å². The molecule has 1 aliphatic rings. The summed E-state index contributed by atoms with van der Waals surface area (Å²) in [4.78, 5) is 0. The zero-order chi connectivity index (χ0) is 9.90. The predicted octanol–water partition coefficient (Wildman–Crippen LogP) is 3.93. The third kappa shape index (κ3) is 6.01. The molecule has 0 saturated heterocycles. The van der Waals surface area contributed by atoms with Gasteiger partial charge in [0.25, 0.3) is 0 Å². The first-order valence-electron chi connectivity index (χ1n) is 4.82. The van der Waals surface area contributed by atoms with Crippen LogP contribution in [-0.4, -0.2) is 0 Å². The van der Waals surface area contributed by atoms with Gasteiger partial charge in [0.2, 0.25) is 0 Å². The van der Waals surface area contributed by atoms with E-state index in [1.54, 1.807) is 0 Å². The van der Waals surface area contributed by atoms with E-state index >= 15 is 0 Å². The largest absolute Gasteiger partial charge is 0.0841 e. The van der Waals surface area contributed by atoms with Gasteiger partial charge in [-0.2, -0.15) is 0 Å². The molecule has 0 unspecified atom stereocenters. The molecule has 0 nitrogen and oxygen atoms in total. The van der Waals surface area contributed by atoms with E-state index in [1.807, 2.05) is 55.0 Å². The smallest absolute Gasteiger partial charge is 0.00475 e. The topological polar surface area (TPSA) is 0 Å². The molecular weight excluding hydrogens is 168 g/mol. The number of hydrogen-bond donors (Lipinski definition) is 0. The maximum atomic E-state index is 2.12. The molecule has 0 aromatic heterocycles. The van der Waals surface area contributed by atoms with Crippen LogP contribution < -0.4 is 0 Å². The first-order valence-corrected chi connectivity index (χ1v) is 4.82.